The number of hydrogen-bond acceptors (Lipinski definition) is 3. The number of carbonyl (C=O) groups excluding carboxylic acids is 1. The van der Waals surface area contributed by atoms with Gasteiger partial charge in [0.2, 0.25) is 5.91 Å². The molecule has 1 aliphatic rings. The van der Waals surface area contributed by atoms with Crippen molar-refractivity contribution in [1.29, 1.82) is 0 Å². The van der Waals surface area contributed by atoms with Crippen LogP contribution in [-0.2, 0) is 17.9 Å². The Hall–Kier alpha value is -1.36. The van der Waals surface area contributed by atoms with Gasteiger partial charge in [0.1, 0.15) is 0 Å². The molecule has 5 nitrogen and oxygen atoms in total. The van der Waals surface area contributed by atoms with E-state index in [1.54, 1.807) is 6.20 Å². The summed E-state index contributed by atoms with van der Waals surface area (Å²) >= 11 is 0. The van der Waals surface area contributed by atoms with Crippen molar-refractivity contribution in [2.24, 2.45) is 5.73 Å². The van der Waals surface area contributed by atoms with E-state index in [2.05, 4.69) is 10.4 Å². The van der Waals surface area contributed by atoms with Gasteiger partial charge in [-0.15, -0.1) is 0 Å². The van der Waals surface area contributed by atoms with E-state index in [9.17, 15) is 4.79 Å². The first-order valence-corrected chi connectivity index (χ1v) is 4.78. The van der Waals surface area contributed by atoms with Crippen LogP contribution in [0.2, 0.25) is 0 Å². The molecule has 5 heteroatoms. The second kappa shape index (κ2) is 3.79. The lowest BCUT2D eigenvalue weighted by Crippen LogP contribution is -2.29. The minimum absolute atomic E-state index is 0.140. The molecule has 1 aliphatic heterocycles. The quantitative estimate of drug-likeness (QED) is 0.689. The fourth-order valence-electron chi connectivity index (χ4n) is 1.65. The van der Waals surface area contributed by atoms with Crippen LogP contribution in [0.3, 0.4) is 0 Å². The second-order valence-electron chi connectivity index (χ2n) is 3.58. The van der Waals surface area contributed by atoms with Gasteiger partial charge in [-0.05, 0) is 6.42 Å². The summed E-state index contributed by atoms with van der Waals surface area (Å²) in [5.74, 6) is 0.140. The number of rotatable bonds is 3. The lowest BCUT2D eigenvalue weighted by molar-refractivity contribution is -0.119. The lowest BCUT2D eigenvalue weighted by atomic mass is 10.2. The van der Waals surface area contributed by atoms with Crippen molar-refractivity contribution in [2.45, 2.75) is 32.0 Å². The van der Waals surface area contributed by atoms with Crippen molar-refractivity contribution in [3.05, 3.63) is 18.0 Å². The Morgan fingerprint density at radius 1 is 1.71 bits per heavy atom. The molecule has 0 spiro atoms. The molecule has 2 rings (SSSR count). The summed E-state index contributed by atoms with van der Waals surface area (Å²) in [7, 11) is 0. The van der Waals surface area contributed by atoms with E-state index >= 15 is 0 Å². The molecule has 3 N–H and O–H groups in total. The smallest absolute Gasteiger partial charge is 0.220 e. The number of nitrogens with two attached hydrogens (primary N) is 1. The van der Waals surface area contributed by atoms with Crippen LogP contribution in [0.15, 0.2) is 12.4 Å². The molecule has 1 unspecified atom stereocenters. The summed E-state index contributed by atoms with van der Waals surface area (Å²) in [5.41, 5.74) is 6.49. The van der Waals surface area contributed by atoms with E-state index in [-0.39, 0.29) is 11.9 Å². The van der Waals surface area contributed by atoms with Gasteiger partial charge in [0.05, 0.1) is 12.7 Å². The van der Waals surface area contributed by atoms with Crippen molar-refractivity contribution in [2.75, 3.05) is 0 Å². The highest BCUT2D eigenvalue weighted by Gasteiger charge is 2.20. The summed E-state index contributed by atoms with van der Waals surface area (Å²) in [4.78, 5) is 10.9. The van der Waals surface area contributed by atoms with E-state index in [0.29, 0.717) is 13.0 Å². The number of hydrogen-bond donors (Lipinski definition) is 2. The third-order valence-corrected chi connectivity index (χ3v) is 2.41. The van der Waals surface area contributed by atoms with Crippen LogP contribution in [0.5, 0.6) is 0 Å². The van der Waals surface area contributed by atoms with Crippen molar-refractivity contribution in [3.8, 4) is 0 Å². The van der Waals surface area contributed by atoms with Crippen LogP contribution in [0.25, 0.3) is 0 Å². The first-order chi connectivity index (χ1) is 6.78. The van der Waals surface area contributed by atoms with E-state index in [4.69, 9.17) is 5.73 Å². The number of amides is 1. The van der Waals surface area contributed by atoms with E-state index in [1.165, 1.54) is 0 Å². The highest BCUT2D eigenvalue weighted by molar-refractivity contribution is 5.78. The zero-order valence-electron chi connectivity index (χ0n) is 7.94. The molecule has 14 heavy (non-hydrogen) atoms. The molecule has 0 aliphatic carbocycles. The Morgan fingerprint density at radius 2 is 2.57 bits per heavy atom. The molecule has 1 aromatic heterocycles. The van der Waals surface area contributed by atoms with Crippen LogP contribution in [0.4, 0.5) is 0 Å². The molecular formula is C9H14N4O. The van der Waals surface area contributed by atoms with E-state index < -0.39 is 0 Å². The van der Waals surface area contributed by atoms with E-state index in [1.807, 2.05) is 10.9 Å². The molecule has 1 saturated heterocycles. The largest absolute Gasteiger partial charge is 0.351 e. The molecule has 1 aromatic rings. The maximum atomic E-state index is 10.9. The lowest BCUT2D eigenvalue weighted by Gasteiger charge is -2.08. The van der Waals surface area contributed by atoms with Crippen LogP contribution in [0.1, 0.15) is 18.4 Å². The first kappa shape index (κ1) is 9.21. The summed E-state index contributed by atoms with van der Waals surface area (Å²) in [6.07, 6.45) is 5.22. The average molecular weight is 194 g/mol. The molecule has 76 valence electrons. The zero-order valence-corrected chi connectivity index (χ0v) is 7.94. The van der Waals surface area contributed by atoms with Crippen molar-refractivity contribution in [3.63, 3.8) is 0 Å². The first-order valence-electron chi connectivity index (χ1n) is 4.78. The predicted molar refractivity (Wildman–Crippen MR) is 51.3 cm³/mol. The van der Waals surface area contributed by atoms with Gasteiger partial charge in [-0.3, -0.25) is 9.48 Å². The summed E-state index contributed by atoms with van der Waals surface area (Å²) in [5, 5.41) is 7.06. The summed E-state index contributed by atoms with van der Waals surface area (Å²) in [6.45, 7) is 1.25. The highest BCUT2D eigenvalue weighted by atomic mass is 16.1. The number of nitrogens with one attached hydrogen (secondary N) is 1. The molecule has 0 bridgehead atoms. The molecule has 1 amide bonds. The fourth-order valence-corrected chi connectivity index (χ4v) is 1.65. The van der Waals surface area contributed by atoms with Crippen molar-refractivity contribution < 1.29 is 4.79 Å². The predicted octanol–water partition coefficient (Wildman–Crippen LogP) is -0.380. The zero-order chi connectivity index (χ0) is 9.97. The molecule has 0 radical (unpaired) electrons. The normalized spacial score (nSPS) is 21.2. The Labute approximate surface area is 82.3 Å². The van der Waals surface area contributed by atoms with Gasteiger partial charge in [-0.2, -0.15) is 5.10 Å². The molecule has 1 atom stereocenters. The number of nitrogens with zero attached hydrogens (tertiary/aromatic N) is 2. The molecule has 2 heterocycles. The van der Waals surface area contributed by atoms with Crippen LogP contribution in [0, 0.1) is 0 Å². The standard InChI is InChI=1S/C9H14N4O/c10-3-7-4-11-13(5-7)6-8-1-2-9(14)12-8/h4-5,8H,1-3,6,10H2,(H,12,14). The maximum Gasteiger partial charge on any atom is 0.220 e. The number of aromatic nitrogens is 2. The minimum atomic E-state index is 0.140. The number of carbonyl (C=O) groups is 1. The van der Waals surface area contributed by atoms with Crippen LogP contribution >= 0.6 is 0 Å². The average Bonchev–Trinajstić information content (AvgIpc) is 2.76. The topological polar surface area (TPSA) is 72.9 Å². The van der Waals surface area contributed by atoms with Crippen molar-refractivity contribution in [1.82, 2.24) is 15.1 Å². The molecule has 0 saturated carbocycles. The van der Waals surface area contributed by atoms with Gasteiger partial charge >= 0.3 is 0 Å². The molecule has 0 aromatic carbocycles. The summed E-state index contributed by atoms with van der Waals surface area (Å²) in [6, 6.07) is 0.230. The third-order valence-electron chi connectivity index (χ3n) is 2.41. The third kappa shape index (κ3) is 1.93. The van der Waals surface area contributed by atoms with Gasteiger partial charge in [-0.1, -0.05) is 0 Å². The Balaban J connectivity index is 1.93. The van der Waals surface area contributed by atoms with Gasteiger partial charge in [0.15, 0.2) is 0 Å². The summed E-state index contributed by atoms with van der Waals surface area (Å²) < 4.78 is 1.83. The SMILES string of the molecule is NCc1cnn(CC2CCC(=O)N2)c1. The molecular weight excluding hydrogens is 180 g/mol. The van der Waals surface area contributed by atoms with Gasteiger partial charge in [0.25, 0.3) is 0 Å². The van der Waals surface area contributed by atoms with Crippen LogP contribution < -0.4 is 11.1 Å². The van der Waals surface area contributed by atoms with Crippen LogP contribution in [-0.4, -0.2) is 21.7 Å². The molecule has 1 fully saturated rings. The highest BCUT2D eigenvalue weighted by Crippen LogP contribution is 2.08. The fraction of sp³-hybridized carbons (Fsp3) is 0.556. The minimum Gasteiger partial charge on any atom is -0.351 e. The Kier molecular flexibility index (Phi) is 2.49. The van der Waals surface area contributed by atoms with E-state index in [0.717, 1.165) is 18.5 Å². The Bertz CT molecular complexity index is 333. The van der Waals surface area contributed by atoms with Crippen molar-refractivity contribution >= 4 is 5.91 Å². The Morgan fingerprint density at radius 3 is 3.14 bits per heavy atom. The van der Waals surface area contributed by atoms with Gasteiger partial charge in [-0.25, -0.2) is 0 Å². The second-order valence-corrected chi connectivity index (χ2v) is 3.58. The van der Waals surface area contributed by atoms with Gasteiger partial charge in [0, 0.05) is 30.8 Å². The monoisotopic (exact) mass is 194 g/mol. The van der Waals surface area contributed by atoms with Gasteiger partial charge < -0.3 is 11.1 Å². The maximum absolute atomic E-state index is 10.9.